The van der Waals surface area contributed by atoms with E-state index in [9.17, 15) is 9.18 Å². The van der Waals surface area contributed by atoms with Crippen LogP contribution in [-0.2, 0) is 11.3 Å². The van der Waals surface area contributed by atoms with Crippen molar-refractivity contribution in [1.82, 2.24) is 9.78 Å². The van der Waals surface area contributed by atoms with Gasteiger partial charge in [-0.3, -0.25) is 9.48 Å². The van der Waals surface area contributed by atoms with Gasteiger partial charge in [-0.25, -0.2) is 4.39 Å². The van der Waals surface area contributed by atoms with E-state index in [1.165, 1.54) is 10.7 Å². The van der Waals surface area contributed by atoms with Gasteiger partial charge < -0.3 is 11.1 Å². The van der Waals surface area contributed by atoms with Gasteiger partial charge in [0, 0.05) is 5.69 Å². The van der Waals surface area contributed by atoms with Crippen LogP contribution in [0.3, 0.4) is 0 Å². The molecule has 0 aliphatic heterocycles. The van der Waals surface area contributed by atoms with Crippen molar-refractivity contribution in [3.63, 3.8) is 0 Å². The molecule has 2 aromatic rings. The Kier molecular flexibility index (Phi) is 4.32. The number of carbonyl (C=O) groups excluding carboxylic acids is 1. The minimum absolute atomic E-state index is 0.0288. The second kappa shape index (κ2) is 5.85. The van der Waals surface area contributed by atoms with Crippen molar-refractivity contribution in [2.75, 3.05) is 11.1 Å². The predicted molar refractivity (Wildman–Crippen MR) is 83.6 cm³/mol. The van der Waals surface area contributed by atoms with Crippen LogP contribution in [0.2, 0.25) is 0 Å². The Morgan fingerprint density at radius 1 is 1.43 bits per heavy atom. The monoisotopic (exact) mass is 354 g/mol. The largest absolute Gasteiger partial charge is 0.396 e. The first-order chi connectivity index (χ1) is 9.79. The molecule has 5 nitrogen and oxygen atoms in total. The number of rotatable bonds is 3. The summed E-state index contributed by atoms with van der Waals surface area (Å²) in [5, 5.41) is 6.88. The number of amides is 1. The number of halogens is 2. The van der Waals surface area contributed by atoms with Gasteiger partial charge in [0.15, 0.2) is 0 Å². The fourth-order valence-corrected chi connectivity index (χ4v) is 2.43. The Bertz CT molecular complexity index is 711. The van der Waals surface area contributed by atoms with Crippen molar-refractivity contribution >= 4 is 33.2 Å². The number of aromatic nitrogens is 2. The topological polar surface area (TPSA) is 72.9 Å². The zero-order valence-corrected chi connectivity index (χ0v) is 13.6. The molecule has 112 valence electrons. The summed E-state index contributed by atoms with van der Waals surface area (Å²) in [6.45, 7) is 5.40. The van der Waals surface area contributed by atoms with E-state index < -0.39 is 5.82 Å². The summed E-state index contributed by atoms with van der Waals surface area (Å²) in [6, 6.07) is 2.90. The van der Waals surface area contributed by atoms with E-state index in [4.69, 9.17) is 5.73 Å². The van der Waals surface area contributed by atoms with Crippen molar-refractivity contribution < 1.29 is 9.18 Å². The third kappa shape index (κ3) is 3.24. The predicted octanol–water partition coefficient (Wildman–Crippen LogP) is 2.93. The third-order valence-electron chi connectivity index (χ3n) is 3.27. The van der Waals surface area contributed by atoms with Crippen LogP contribution >= 0.6 is 15.9 Å². The number of nitrogens with one attached hydrogen (secondary N) is 1. The third-order valence-corrected chi connectivity index (χ3v) is 3.88. The molecule has 1 aromatic heterocycles. The van der Waals surface area contributed by atoms with Crippen molar-refractivity contribution in [2.45, 2.75) is 27.3 Å². The maximum absolute atomic E-state index is 13.5. The zero-order valence-electron chi connectivity index (χ0n) is 12.0. The lowest BCUT2D eigenvalue weighted by molar-refractivity contribution is -0.116. The lowest BCUT2D eigenvalue weighted by atomic mass is 10.2. The number of benzene rings is 1. The average molecular weight is 355 g/mol. The van der Waals surface area contributed by atoms with E-state index >= 15 is 0 Å². The number of nitrogen functional groups attached to an aromatic ring is 1. The molecule has 1 amide bonds. The highest BCUT2D eigenvalue weighted by Crippen LogP contribution is 2.24. The lowest BCUT2D eigenvalue weighted by Gasteiger charge is -2.10. The molecule has 2 rings (SSSR count). The SMILES string of the molecule is Cc1cc(Br)c(F)cc1NC(=O)Cn1nc(C)c(N)c1C. The molecule has 21 heavy (non-hydrogen) atoms. The first-order valence-corrected chi connectivity index (χ1v) is 7.14. The lowest BCUT2D eigenvalue weighted by Crippen LogP contribution is -2.21. The van der Waals surface area contributed by atoms with Crippen molar-refractivity contribution in [1.29, 1.82) is 0 Å². The number of aryl methyl sites for hydroxylation is 2. The second-order valence-electron chi connectivity index (χ2n) is 4.87. The number of nitrogens with zero attached hydrogens (tertiary/aromatic N) is 2. The highest BCUT2D eigenvalue weighted by atomic mass is 79.9. The molecule has 7 heteroatoms. The average Bonchev–Trinajstić information content (AvgIpc) is 2.63. The molecule has 1 aromatic carbocycles. The summed E-state index contributed by atoms with van der Waals surface area (Å²) in [6.07, 6.45) is 0. The van der Waals surface area contributed by atoms with Gasteiger partial charge in [0.2, 0.25) is 5.91 Å². The maximum atomic E-state index is 13.5. The molecule has 0 unspecified atom stereocenters. The quantitative estimate of drug-likeness (QED) is 0.889. The van der Waals surface area contributed by atoms with Gasteiger partial charge in [-0.2, -0.15) is 5.10 Å². The summed E-state index contributed by atoms with van der Waals surface area (Å²) in [4.78, 5) is 12.1. The van der Waals surface area contributed by atoms with E-state index in [1.54, 1.807) is 26.8 Å². The molecule has 3 N–H and O–H groups in total. The Hall–Kier alpha value is -1.89. The van der Waals surface area contributed by atoms with Gasteiger partial charge in [-0.1, -0.05) is 0 Å². The number of anilines is 2. The van der Waals surface area contributed by atoms with Crippen molar-refractivity contribution in [3.8, 4) is 0 Å². The van der Waals surface area contributed by atoms with Crippen LogP contribution in [0.1, 0.15) is 17.0 Å². The Labute approximate surface area is 130 Å². The van der Waals surface area contributed by atoms with Crippen LogP contribution in [0.15, 0.2) is 16.6 Å². The fourth-order valence-electron chi connectivity index (χ4n) is 1.97. The summed E-state index contributed by atoms with van der Waals surface area (Å²) in [7, 11) is 0. The molecule has 0 radical (unpaired) electrons. The maximum Gasteiger partial charge on any atom is 0.246 e. The summed E-state index contributed by atoms with van der Waals surface area (Å²) < 4.78 is 15.4. The summed E-state index contributed by atoms with van der Waals surface area (Å²) >= 11 is 3.10. The van der Waals surface area contributed by atoms with Crippen molar-refractivity contribution in [2.24, 2.45) is 0 Å². The molecule has 0 spiro atoms. The highest BCUT2D eigenvalue weighted by Gasteiger charge is 2.13. The summed E-state index contributed by atoms with van der Waals surface area (Å²) in [5.74, 6) is -0.711. The van der Waals surface area contributed by atoms with Gasteiger partial charge in [0.25, 0.3) is 0 Å². The normalized spacial score (nSPS) is 10.7. The molecular formula is C14H16BrFN4O. The number of hydrogen-bond acceptors (Lipinski definition) is 3. The second-order valence-corrected chi connectivity index (χ2v) is 5.73. The van der Waals surface area contributed by atoms with Crippen LogP contribution < -0.4 is 11.1 Å². The first-order valence-electron chi connectivity index (χ1n) is 6.34. The van der Waals surface area contributed by atoms with Gasteiger partial charge in [-0.15, -0.1) is 0 Å². The first kappa shape index (κ1) is 15.5. The molecular weight excluding hydrogens is 339 g/mol. The van der Waals surface area contributed by atoms with E-state index in [-0.39, 0.29) is 12.5 Å². The van der Waals surface area contributed by atoms with Gasteiger partial charge in [0.05, 0.1) is 21.5 Å². The Morgan fingerprint density at radius 3 is 2.67 bits per heavy atom. The van der Waals surface area contributed by atoms with Gasteiger partial charge in [-0.05, 0) is 54.4 Å². The van der Waals surface area contributed by atoms with Gasteiger partial charge >= 0.3 is 0 Å². The fraction of sp³-hybridized carbons (Fsp3) is 0.286. The molecule has 0 fully saturated rings. The highest BCUT2D eigenvalue weighted by molar-refractivity contribution is 9.10. The smallest absolute Gasteiger partial charge is 0.246 e. The molecule has 1 heterocycles. The molecule has 0 bridgehead atoms. The number of hydrogen-bond donors (Lipinski definition) is 2. The van der Waals surface area contributed by atoms with E-state index in [2.05, 4.69) is 26.3 Å². The molecule has 0 aliphatic carbocycles. The van der Waals surface area contributed by atoms with E-state index in [0.29, 0.717) is 21.5 Å². The van der Waals surface area contributed by atoms with Gasteiger partial charge in [0.1, 0.15) is 12.4 Å². The zero-order chi connectivity index (χ0) is 15.7. The van der Waals surface area contributed by atoms with Crippen LogP contribution in [-0.4, -0.2) is 15.7 Å². The molecule has 0 aliphatic rings. The standard InChI is InChI=1S/C14H16BrFN4O/c1-7-4-10(15)11(16)5-12(7)18-13(21)6-20-9(3)14(17)8(2)19-20/h4-5H,6,17H2,1-3H3,(H,18,21). The summed E-state index contributed by atoms with van der Waals surface area (Å²) in [5.41, 5.74) is 9.03. The van der Waals surface area contributed by atoms with E-state index in [0.717, 1.165) is 11.3 Å². The molecule has 0 saturated heterocycles. The van der Waals surface area contributed by atoms with Crippen LogP contribution in [0.5, 0.6) is 0 Å². The molecule has 0 atom stereocenters. The van der Waals surface area contributed by atoms with Crippen LogP contribution in [0.25, 0.3) is 0 Å². The Morgan fingerprint density at radius 2 is 2.10 bits per heavy atom. The number of nitrogens with two attached hydrogens (primary N) is 1. The number of carbonyl (C=O) groups is 1. The Balaban J connectivity index is 2.15. The molecule has 0 saturated carbocycles. The van der Waals surface area contributed by atoms with Crippen molar-refractivity contribution in [3.05, 3.63) is 39.4 Å². The minimum atomic E-state index is -0.425. The van der Waals surface area contributed by atoms with Crippen LogP contribution in [0.4, 0.5) is 15.8 Å². The minimum Gasteiger partial charge on any atom is -0.396 e. The van der Waals surface area contributed by atoms with Crippen LogP contribution in [0, 0.1) is 26.6 Å². The van der Waals surface area contributed by atoms with E-state index in [1.807, 2.05) is 0 Å².